The first-order valence-corrected chi connectivity index (χ1v) is 12.2. The van der Waals surface area contributed by atoms with Gasteiger partial charge in [0, 0.05) is 19.6 Å². The second kappa shape index (κ2) is 10.2. The minimum atomic E-state index is -3.71. The van der Waals surface area contributed by atoms with Gasteiger partial charge < -0.3 is 19.4 Å². The van der Waals surface area contributed by atoms with Gasteiger partial charge in [0.15, 0.2) is 5.76 Å². The Labute approximate surface area is 188 Å². The minimum absolute atomic E-state index is 0.0647. The van der Waals surface area contributed by atoms with Crippen molar-refractivity contribution < 1.29 is 27.2 Å². The van der Waals surface area contributed by atoms with Gasteiger partial charge in [0.2, 0.25) is 15.9 Å². The van der Waals surface area contributed by atoms with Crippen LogP contribution < -0.4 is 10.1 Å². The summed E-state index contributed by atoms with van der Waals surface area (Å²) in [6.45, 7) is 6.78. The molecule has 174 valence electrons. The number of nitrogens with one attached hydrogen (secondary N) is 1. The lowest BCUT2D eigenvalue weighted by molar-refractivity contribution is -0.119. The summed E-state index contributed by atoms with van der Waals surface area (Å²) in [4.78, 5) is 27.4. The summed E-state index contributed by atoms with van der Waals surface area (Å²) in [6.07, 6.45) is 2.59. The van der Waals surface area contributed by atoms with Crippen LogP contribution in [-0.4, -0.2) is 61.7 Å². The highest BCUT2D eigenvalue weighted by molar-refractivity contribution is 7.89. The van der Waals surface area contributed by atoms with Gasteiger partial charge >= 0.3 is 0 Å². The topological polar surface area (TPSA) is 109 Å². The van der Waals surface area contributed by atoms with Crippen LogP contribution in [0.4, 0.5) is 5.69 Å². The summed E-state index contributed by atoms with van der Waals surface area (Å²) in [7, 11) is -3.71. The van der Waals surface area contributed by atoms with Crippen LogP contribution in [0.15, 0.2) is 45.9 Å². The maximum absolute atomic E-state index is 13.1. The number of hydrogen-bond acceptors (Lipinski definition) is 6. The highest BCUT2D eigenvalue weighted by Gasteiger charge is 2.36. The van der Waals surface area contributed by atoms with Crippen molar-refractivity contribution >= 4 is 27.5 Å². The average Bonchev–Trinajstić information content (AvgIpc) is 3.47. The normalized spacial score (nSPS) is 16.4. The number of ether oxygens (including phenoxy) is 1. The van der Waals surface area contributed by atoms with E-state index < -0.39 is 22.0 Å². The lowest BCUT2D eigenvalue weighted by Crippen LogP contribution is -2.43. The quantitative estimate of drug-likeness (QED) is 0.612. The van der Waals surface area contributed by atoms with Crippen LogP contribution in [0.1, 0.15) is 44.2 Å². The number of furan rings is 1. The first-order valence-electron chi connectivity index (χ1n) is 10.8. The fourth-order valence-corrected chi connectivity index (χ4v) is 5.29. The Morgan fingerprint density at radius 3 is 2.59 bits per heavy atom. The second-order valence-electron chi connectivity index (χ2n) is 7.30. The van der Waals surface area contributed by atoms with Crippen molar-refractivity contribution in [2.45, 2.75) is 44.6 Å². The van der Waals surface area contributed by atoms with E-state index >= 15 is 0 Å². The van der Waals surface area contributed by atoms with E-state index in [1.807, 2.05) is 0 Å². The summed E-state index contributed by atoms with van der Waals surface area (Å²) in [5.41, 5.74) is 0.252. The molecule has 2 aromatic rings. The molecule has 1 aromatic heterocycles. The third-order valence-corrected chi connectivity index (χ3v) is 7.45. The number of anilines is 1. The van der Waals surface area contributed by atoms with Crippen LogP contribution in [0, 0.1) is 0 Å². The molecule has 0 spiro atoms. The molecule has 3 rings (SSSR count). The van der Waals surface area contributed by atoms with E-state index in [1.165, 1.54) is 33.7 Å². The minimum Gasteiger partial charge on any atom is -0.492 e. The summed E-state index contributed by atoms with van der Waals surface area (Å²) < 4.78 is 38.0. The summed E-state index contributed by atoms with van der Waals surface area (Å²) in [5, 5.41) is 2.78. The van der Waals surface area contributed by atoms with Gasteiger partial charge in [-0.15, -0.1) is 0 Å². The zero-order valence-electron chi connectivity index (χ0n) is 18.5. The first-order chi connectivity index (χ1) is 15.3. The molecule has 32 heavy (non-hydrogen) atoms. The fourth-order valence-electron chi connectivity index (χ4n) is 3.80. The number of amides is 2. The molecule has 1 aliphatic heterocycles. The van der Waals surface area contributed by atoms with Crippen molar-refractivity contribution in [3.63, 3.8) is 0 Å². The molecule has 1 aromatic carbocycles. The van der Waals surface area contributed by atoms with Gasteiger partial charge in [-0.25, -0.2) is 8.42 Å². The third-order valence-electron chi connectivity index (χ3n) is 5.40. The predicted molar refractivity (Wildman–Crippen MR) is 119 cm³/mol. The molecule has 1 unspecified atom stereocenters. The Bertz CT molecular complexity index is 1050. The van der Waals surface area contributed by atoms with E-state index in [1.54, 1.807) is 32.9 Å². The van der Waals surface area contributed by atoms with E-state index in [4.69, 9.17) is 9.15 Å². The highest BCUT2D eigenvalue weighted by Crippen LogP contribution is 2.31. The van der Waals surface area contributed by atoms with Crippen LogP contribution in [0.5, 0.6) is 5.75 Å². The number of likely N-dealkylation sites (tertiary alicyclic amines) is 1. The van der Waals surface area contributed by atoms with Gasteiger partial charge in [0.25, 0.3) is 5.91 Å². The summed E-state index contributed by atoms with van der Waals surface area (Å²) in [5.74, 6) is -0.218. The molecule has 0 bridgehead atoms. The molecule has 1 fully saturated rings. The van der Waals surface area contributed by atoms with Gasteiger partial charge in [0.1, 0.15) is 11.8 Å². The van der Waals surface area contributed by atoms with Crippen molar-refractivity contribution in [3.8, 4) is 5.75 Å². The SMILES string of the molecule is CCOc1ccc(S(=O)(=O)N(CC)CC)cc1NC(=O)C1CCCN1C(=O)c1ccco1. The molecule has 0 aliphatic carbocycles. The molecule has 0 saturated carbocycles. The van der Waals surface area contributed by atoms with Crippen molar-refractivity contribution in [2.75, 3.05) is 31.6 Å². The Balaban J connectivity index is 1.87. The van der Waals surface area contributed by atoms with Gasteiger partial charge in [-0.3, -0.25) is 9.59 Å². The van der Waals surface area contributed by atoms with E-state index in [0.29, 0.717) is 44.8 Å². The zero-order chi connectivity index (χ0) is 23.3. The van der Waals surface area contributed by atoms with Gasteiger partial charge in [-0.1, -0.05) is 13.8 Å². The molecule has 1 aliphatic rings. The van der Waals surface area contributed by atoms with E-state index in [9.17, 15) is 18.0 Å². The average molecular weight is 464 g/mol. The highest BCUT2D eigenvalue weighted by atomic mass is 32.2. The summed E-state index contributed by atoms with van der Waals surface area (Å²) in [6, 6.07) is 6.90. The van der Waals surface area contributed by atoms with Crippen molar-refractivity contribution in [1.29, 1.82) is 0 Å². The molecule has 1 N–H and O–H groups in total. The van der Waals surface area contributed by atoms with E-state index in [0.717, 1.165) is 0 Å². The first kappa shape index (κ1) is 23.8. The smallest absolute Gasteiger partial charge is 0.290 e. The monoisotopic (exact) mass is 463 g/mol. The maximum atomic E-state index is 13.1. The number of carbonyl (C=O) groups is 2. The number of hydrogen-bond donors (Lipinski definition) is 1. The van der Waals surface area contributed by atoms with Gasteiger partial charge in [-0.05, 0) is 50.1 Å². The van der Waals surface area contributed by atoms with Crippen molar-refractivity contribution in [2.24, 2.45) is 0 Å². The predicted octanol–water partition coefficient (Wildman–Crippen LogP) is 2.95. The van der Waals surface area contributed by atoms with Crippen LogP contribution in [-0.2, 0) is 14.8 Å². The molecular weight excluding hydrogens is 434 g/mol. The molecule has 9 nitrogen and oxygen atoms in total. The van der Waals surface area contributed by atoms with Gasteiger partial charge in [0.05, 0.1) is 23.5 Å². The number of carbonyl (C=O) groups excluding carboxylic acids is 2. The van der Waals surface area contributed by atoms with Crippen LogP contribution in [0.2, 0.25) is 0 Å². The molecule has 0 radical (unpaired) electrons. The lowest BCUT2D eigenvalue weighted by Gasteiger charge is -2.24. The Hall–Kier alpha value is -2.85. The number of benzene rings is 1. The molecule has 10 heteroatoms. The number of rotatable bonds is 9. The van der Waals surface area contributed by atoms with Crippen molar-refractivity contribution in [3.05, 3.63) is 42.4 Å². The Kier molecular flexibility index (Phi) is 7.57. The lowest BCUT2D eigenvalue weighted by atomic mass is 10.2. The molecule has 1 saturated heterocycles. The molecule has 2 amide bonds. The molecule has 1 atom stereocenters. The van der Waals surface area contributed by atoms with Gasteiger partial charge in [-0.2, -0.15) is 4.31 Å². The summed E-state index contributed by atoms with van der Waals surface area (Å²) >= 11 is 0. The second-order valence-corrected chi connectivity index (χ2v) is 9.24. The van der Waals surface area contributed by atoms with E-state index in [2.05, 4.69) is 5.32 Å². The molecule has 2 heterocycles. The van der Waals surface area contributed by atoms with Crippen LogP contribution >= 0.6 is 0 Å². The Morgan fingerprint density at radius 2 is 1.97 bits per heavy atom. The number of nitrogens with zero attached hydrogens (tertiary/aromatic N) is 2. The van der Waals surface area contributed by atoms with Crippen LogP contribution in [0.3, 0.4) is 0 Å². The zero-order valence-corrected chi connectivity index (χ0v) is 19.4. The van der Waals surface area contributed by atoms with E-state index in [-0.39, 0.29) is 22.3 Å². The molecular formula is C22H29N3O6S. The Morgan fingerprint density at radius 1 is 1.22 bits per heavy atom. The fraction of sp³-hybridized carbons (Fsp3) is 0.455. The number of sulfonamides is 1. The maximum Gasteiger partial charge on any atom is 0.290 e. The van der Waals surface area contributed by atoms with Crippen LogP contribution in [0.25, 0.3) is 0 Å². The standard InChI is InChI=1S/C22H29N3O6S/c1-4-24(5-2)32(28,29)16-11-12-19(30-6-3)17(15-16)23-21(26)18-9-7-13-25(18)22(27)20-10-8-14-31-20/h8,10-12,14-15,18H,4-7,9,13H2,1-3H3,(H,23,26). The largest absolute Gasteiger partial charge is 0.492 e. The van der Waals surface area contributed by atoms with Crippen molar-refractivity contribution in [1.82, 2.24) is 9.21 Å². The third kappa shape index (κ3) is 4.81.